The van der Waals surface area contributed by atoms with E-state index in [1.165, 1.54) is 11.8 Å². The van der Waals surface area contributed by atoms with E-state index in [0.29, 0.717) is 16.6 Å². The molecule has 0 bridgehead atoms. The average molecular weight is 482 g/mol. The molecule has 3 heterocycles. The first-order valence-corrected chi connectivity index (χ1v) is 12.2. The highest BCUT2D eigenvalue weighted by Crippen LogP contribution is 2.38. The highest BCUT2D eigenvalue weighted by molar-refractivity contribution is 7.99. The molecule has 5 rings (SSSR count). The zero-order valence-corrected chi connectivity index (χ0v) is 20.2. The van der Waals surface area contributed by atoms with Crippen molar-refractivity contribution in [3.05, 3.63) is 65.7 Å². The predicted molar refractivity (Wildman–Crippen MR) is 132 cm³/mol. The first-order valence-electron chi connectivity index (χ1n) is 11.4. The number of rotatable bonds is 5. The minimum atomic E-state index is 0.000732. The molecule has 1 aromatic carbocycles. The highest BCUT2D eigenvalue weighted by Gasteiger charge is 2.28. The lowest BCUT2D eigenvalue weighted by molar-refractivity contribution is -0.119. The maximum absolute atomic E-state index is 11.5. The maximum atomic E-state index is 11.5. The van der Waals surface area contributed by atoms with Gasteiger partial charge in [-0.2, -0.15) is 20.7 Å². The van der Waals surface area contributed by atoms with E-state index in [4.69, 9.17) is 5.10 Å². The lowest BCUT2D eigenvalue weighted by Crippen LogP contribution is -2.30. The molecule has 1 fully saturated rings. The van der Waals surface area contributed by atoms with Crippen molar-refractivity contribution >= 4 is 23.2 Å². The first-order chi connectivity index (χ1) is 17.0. The molecule has 0 unspecified atom stereocenters. The van der Waals surface area contributed by atoms with Gasteiger partial charge in [-0.25, -0.2) is 4.52 Å². The second-order valence-electron chi connectivity index (χ2n) is 8.72. The van der Waals surface area contributed by atoms with Crippen molar-refractivity contribution < 1.29 is 4.79 Å². The van der Waals surface area contributed by atoms with Crippen molar-refractivity contribution in [3.8, 4) is 23.3 Å². The van der Waals surface area contributed by atoms with Crippen molar-refractivity contribution in [3.63, 3.8) is 0 Å². The molecule has 0 aliphatic heterocycles. The Morgan fingerprint density at radius 3 is 2.69 bits per heavy atom. The molecule has 1 N–H and O–H groups in total. The van der Waals surface area contributed by atoms with Gasteiger partial charge in [0.05, 0.1) is 35.1 Å². The molecule has 35 heavy (non-hydrogen) atoms. The fourth-order valence-corrected chi connectivity index (χ4v) is 5.92. The summed E-state index contributed by atoms with van der Waals surface area (Å²) in [4.78, 5) is 13.1. The number of benzene rings is 1. The normalized spacial score (nSPS) is 17.3. The predicted octanol–water partition coefficient (Wildman–Crippen LogP) is 4.63. The number of fused-ring (bicyclic) bond motifs is 1. The van der Waals surface area contributed by atoms with Crippen LogP contribution in [-0.4, -0.2) is 31.3 Å². The molecule has 0 radical (unpaired) electrons. The molecule has 0 spiro atoms. The summed E-state index contributed by atoms with van der Waals surface area (Å²) in [5.41, 5.74) is 4.74. The minimum absolute atomic E-state index is 0.000732. The number of carbonyl (C=O) groups excluding carboxylic acids is 1. The molecule has 9 heteroatoms. The lowest BCUT2D eigenvalue weighted by atomic mass is 10.1. The lowest BCUT2D eigenvalue weighted by Gasteiger charge is -2.15. The standard InChI is InChI=1S/C26H23N7OS/c1-16-23(14-30-33(16)22-8-7-21(10-22)31-17(2)34)19-9-25(26-20(12-28)13-29-32(26)15-19)35-24-6-4-3-5-18(24)11-27/h3-6,9,13-15,21-22H,7-8,10H2,1-2H3,(H,31,34)/t21-,22-/m0/s1. The van der Waals surface area contributed by atoms with Crippen LogP contribution in [-0.2, 0) is 4.79 Å². The van der Waals surface area contributed by atoms with E-state index in [2.05, 4.69) is 34.2 Å². The van der Waals surface area contributed by atoms with Gasteiger partial charge in [0, 0.05) is 45.8 Å². The van der Waals surface area contributed by atoms with Gasteiger partial charge in [-0.05, 0) is 44.4 Å². The topological polar surface area (TPSA) is 112 Å². The molecule has 4 aromatic rings. The number of nitriles is 2. The Balaban J connectivity index is 1.54. The molecule has 1 aliphatic carbocycles. The van der Waals surface area contributed by atoms with E-state index in [1.807, 2.05) is 36.7 Å². The van der Waals surface area contributed by atoms with Gasteiger partial charge in [0.25, 0.3) is 0 Å². The zero-order valence-electron chi connectivity index (χ0n) is 19.4. The fraction of sp³-hybridized carbons (Fsp3) is 0.269. The smallest absolute Gasteiger partial charge is 0.217 e. The number of amides is 1. The van der Waals surface area contributed by atoms with Crippen molar-refractivity contribution in [1.29, 1.82) is 10.5 Å². The number of hydrogen-bond donors (Lipinski definition) is 1. The van der Waals surface area contributed by atoms with Crippen LogP contribution in [0.2, 0.25) is 0 Å². The Morgan fingerprint density at radius 2 is 1.91 bits per heavy atom. The van der Waals surface area contributed by atoms with Gasteiger partial charge < -0.3 is 5.32 Å². The first kappa shape index (κ1) is 22.7. The van der Waals surface area contributed by atoms with Gasteiger partial charge in [-0.15, -0.1) is 0 Å². The Hall–Kier alpha value is -4.08. The van der Waals surface area contributed by atoms with Gasteiger partial charge in [0.2, 0.25) is 5.91 Å². The fourth-order valence-electron chi connectivity index (χ4n) is 4.83. The van der Waals surface area contributed by atoms with Crippen LogP contribution in [0.1, 0.15) is 49.0 Å². The molecule has 1 amide bonds. The van der Waals surface area contributed by atoms with Gasteiger partial charge in [-0.3, -0.25) is 9.48 Å². The minimum Gasteiger partial charge on any atom is -0.354 e. The van der Waals surface area contributed by atoms with Crippen LogP contribution < -0.4 is 5.32 Å². The molecule has 8 nitrogen and oxygen atoms in total. The van der Waals surface area contributed by atoms with Crippen LogP contribution in [0, 0.1) is 29.6 Å². The maximum Gasteiger partial charge on any atom is 0.217 e. The summed E-state index contributed by atoms with van der Waals surface area (Å²) in [6.07, 6.45) is 8.11. The van der Waals surface area contributed by atoms with Crippen LogP contribution in [0.15, 0.2) is 58.7 Å². The summed E-state index contributed by atoms with van der Waals surface area (Å²) in [5, 5.41) is 31.3. The van der Waals surface area contributed by atoms with E-state index in [0.717, 1.165) is 45.9 Å². The molecule has 1 aliphatic rings. The van der Waals surface area contributed by atoms with Crippen LogP contribution in [0.25, 0.3) is 16.6 Å². The van der Waals surface area contributed by atoms with Crippen LogP contribution in [0.4, 0.5) is 0 Å². The molecular weight excluding hydrogens is 458 g/mol. The monoisotopic (exact) mass is 481 g/mol. The number of hydrogen-bond acceptors (Lipinski definition) is 6. The largest absolute Gasteiger partial charge is 0.354 e. The number of pyridine rings is 1. The van der Waals surface area contributed by atoms with Crippen LogP contribution >= 0.6 is 11.8 Å². The third-order valence-corrected chi connectivity index (χ3v) is 7.55. The van der Waals surface area contributed by atoms with E-state index >= 15 is 0 Å². The molecule has 2 atom stereocenters. The Morgan fingerprint density at radius 1 is 1.11 bits per heavy atom. The third kappa shape index (κ3) is 4.27. The zero-order chi connectivity index (χ0) is 24.5. The number of nitrogens with one attached hydrogen (secondary N) is 1. The second kappa shape index (κ2) is 9.28. The molecule has 174 valence electrons. The van der Waals surface area contributed by atoms with Gasteiger partial charge in [0.1, 0.15) is 12.1 Å². The Labute approximate surface area is 207 Å². The summed E-state index contributed by atoms with van der Waals surface area (Å²) in [5.74, 6) is 0.000732. The van der Waals surface area contributed by atoms with Crippen LogP contribution in [0.3, 0.4) is 0 Å². The molecule has 0 saturated heterocycles. The summed E-state index contributed by atoms with van der Waals surface area (Å²) in [6.45, 7) is 3.61. The molecular formula is C26H23N7OS. The number of nitrogens with zero attached hydrogens (tertiary/aromatic N) is 6. The number of carbonyl (C=O) groups is 1. The van der Waals surface area contributed by atoms with Crippen molar-refractivity contribution in [2.75, 3.05) is 0 Å². The van der Waals surface area contributed by atoms with Gasteiger partial charge >= 0.3 is 0 Å². The summed E-state index contributed by atoms with van der Waals surface area (Å²) >= 11 is 1.45. The van der Waals surface area contributed by atoms with E-state index in [1.54, 1.807) is 23.7 Å². The summed E-state index contributed by atoms with van der Waals surface area (Å²) < 4.78 is 3.79. The highest BCUT2D eigenvalue weighted by atomic mass is 32.2. The summed E-state index contributed by atoms with van der Waals surface area (Å²) in [6, 6.07) is 14.4. The quantitative estimate of drug-likeness (QED) is 0.445. The Bertz CT molecular complexity index is 1520. The van der Waals surface area contributed by atoms with E-state index in [9.17, 15) is 15.3 Å². The van der Waals surface area contributed by atoms with E-state index in [-0.39, 0.29) is 18.0 Å². The number of aromatic nitrogens is 4. The summed E-state index contributed by atoms with van der Waals surface area (Å²) in [7, 11) is 0. The average Bonchev–Trinajstić information content (AvgIpc) is 3.57. The molecule has 1 saturated carbocycles. The molecule has 3 aromatic heterocycles. The second-order valence-corrected chi connectivity index (χ2v) is 9.80. The van der Waals surface area contributed by atoms with Crippen molar-refractivity contribution in [2.24, 2.45) is 0 Å². The van der Waals surface area contributed by atoms with Gasteiger partial charge in [-0.1, -0.05) is 23.9 Å². The van der Waals surface area contributed by atoms with Crippen molar-refractivity contribution in [1.82, 2.24) is 24.7 Å². The van der Waals surface area contributed by atoms with Crippen LogP contribution in [0.5, 0.6) is 0 Å². The van der Waals surface area contributed by atoms with Gasteiger partial charge in [0.15, 0.2) is 0 Å². The van der Waals surface area contributed by atoms with E-state index < -0.39 is 0 Å². The third-order valence-electron chi connectivity index (χ3n) is 6.44. The Kier molecular flexibility index (Phi) is 6.02. The van der Waals surface area contributed by atoms with Crippen molar-refractivity contribution in [2.45, 2.75) is 55.0 Å². The SMILES string of the molecule is CC(=O)N[C@H]1CC[C@H](n2ncc(-c3cc(Sc4ccccc4C#N)c4c(C#N)cnn4c3)c2C)C1.